The van der Waals surface area contributed by atoms with Crippen LogP contribution in [0.25, 0.3) is 10.9 Å². The number of carbonyl (C=O) groups excluding carboxylic acids is 1. The zero-order chi connectivity index (χ0) is 13.2. The van der Waals surface area contributed by atoms with Gasteiger partial charge >= 0.3 is 0 Å². The van der Waals surface area contributed by atoms with Crippen LogP contribution in [0.1, 0.15) is 42.6 Å². The number of hydrogen-bond donors (Lipinski definition) is 1. The molecule has 1 aromatic heterocycles. The summed E-state index contributed by atoms with van der Waals surface area (Å²) in [5.74, 6) is 0.241. The van der Waals surface area contributed by atoms with Gasteiger partial charge < -0.3 is 5.73 Å². The number of nitrogens with zero attached hydrogens (tertiary/aromatic N) is 2. The molecule has 2 aromatic rings. The molecular formula is C15H19N3O. The molecule has 0 unspecified atom stereocenters. The van der Waals surface area contributed by atoms with E-state index < -0.39 is 0 Å². The maximum Gasteiger partial charge on any atom is 0.267 e. The summed E-state index contributed by atoms with van der Waals surface area (Å²) in [6, 6.07) is 7.70. The van der Waals surface area contributed by atoms with E-state index in [1.165, 1.54) is 32.1 Å². The predicted octanol–water partition coefficient (Wildman–Crippen LogP) is 2.72. The highest BCUT2D eigenvalue weighted by Crippen LogP contribution is 2.26. The smallest absolute Gasteiger partial charge is 0.267 e. The SMILES string of the molecule is NC(=O)c1c2ccccc2nn1CC1CCCCC1. The molecule has 4 heteroatoms. The van der Waals surface area contributed by atoms with Crippen LogP contribution in [-0.4, -0.2) is 15.7 Å². The number of carbonyl (C=O) groups is 1. The van der Waals surface area contributed by atoms with Crippen molar-refractivity contribution >= 4 is 16.8 Å². The molecule has 0 spiro atoms. The van der Waals surface area contributed by atoms with Crippen LogP contribution in [0.15, 0.2) is 24.3 Å². The monoisotopic (exact) mass is 257 g/mol. The Labute approximate surface area is 112 Å². The molecule has 1 fully saturated rings. The van der Waals surface area contributed by atoms with E-state index in [4.69, 9.17) is 5.73 Å². The third-order valence-corrected chi connectivity index (χ3v) is 4.04. The van der Waals surface area contributed by atoms with E-state index in [0.717, 1.165) is 17.4 Å². The van der Waals surface area contributed by atoms with Crippen LogP contribution >= 0.6 is 0 Å². The second kappa shape index (κ2) is 5.03. The normalized spacial score (nSPS) is 16.8. The Morgan fingerprint density at radius 2 is 2.00 bits per heavy atom. The minimum absolute atomic E-state index is 0.385. The minimum atomic E-state index is -0.385. The van der Waals surface area contributed by atoms with Crippen molar-refractivity contribution in [2.24, 2.45) is 11.7 Å². The molecule has 0 radical (unpaired) electrons. The van der Waals surface area contributed by atoms with Crippen LogP contribution in [-0.2, 0) is 6.54 Å². The van der Waals surface area contributed by atoms with Gasteiger partial charge in [-0.3, -0.25) is 9.48 Å². The lowest BCUT2D eigenvalue weighted by Crippen LogP contribution is -2.22. The fourth-order valence-electron chi connectivity index (χ4n) is 3.09. The van der Waals surface area contributed by atoms with Crippen molar-refractivity contribution in [2.75, 3.05) is 0 Å². The van der Waals surface area contributed by atoms with Crippen molar-refractivity contribution in [1.29, 1.82) is 0 Å². The van der Waals surface area contributed by atoms with Crippen LogP contribution in [0.4, 0.5) is 0 Å². The molecule has 1 aliphatic rings. The number of rotatable bonds is 3. The molecule has 0 atom stereocenters. The molecule has 1 saturated carbocycles. The summed E-state index contributed by atoms with van der Waals surface area (Å²) in [4.78, 5) is 11.7. The lowest BCUT2D eigenvalue weighted by Gasteiger charge is -2.21. The number of hydrogen-bond acceptors (Lipinski definition) is 2. The maximum atomic E-state index is 11.7. The minimum Gasteiger partial charge on any atom is -0.364 e. The van der Waals surface area contributed by atoms with Crippen molar-refractivity contribution < 1.29 is 4.79 Å². The number of fused-ring (bicyclic) bond motifs is 1. The second-order valence-corrected chi connectivity index (χ2v) is 5.42. The lowest BCUT2D eigenvalue weighted by molar-refractivity contribution is 0.0989. The van der Waals surface area contributed by atoms with E-state index in [1.807, 2.05) is 28.9 Å². The Kier molecular flexibility index (Phi) is 3.23. The quantitative estimate of drug-likeness (QED) is 0.919. The van der Waals surface area contributed by atoms with Crippen molar-refractivity contribution in [3.05, 3.63) is 30.0 Å². The van der Waals surface area contributed by atoms with Crippen molar-refractivity contribution in [3.63, 3.8) is 0 Å². The highest BCUT2D eigenvalue weighted by Gasteiger charge is 2.20. The standard InChI is InChI=1S/C15H19N3O/c16-15(19)14-12-8-4-5-9-13(12)17-18(14)10-11-6-2-1-3-7-11/h4-5,8-9,11H,1-3,6-7,10H2,(H2,16,19). The highest BCUT2D eigenvalue weighted by atomic mass is 16.1. The topological polar surface area (TPSA) is 60.9 Å². The maximum absolute atomic E-state index is 11.7. The van der Waals surface area contributed by atoms with E-state index >= 15 is 0 Å². The van der Waals surface area contributed by atoms with Gasteiger partial charge in [-0.2, -0.15) is 5.10 Å². The molecule has 100 valence electrons. The van der Waals surface area contributed by atoms with Gasteiger partial charge in [-0.1, -0.05) is 37.5 Å². The Hall–Kier alpha value is -1.84. The van der Waals surface area contributed by atoms with Crippen LogP contribution in [0.2, 0.25) is 0 Å². The van der Waals surface area contributed by atoms with Gasteiger partial charge in [0.05, 0.1) is 5.52 Å². The van der Waals surface area contributed by atoms with Crippen LogP contribution in [0.3, 0.4) is 0 Å². The molecule has 1 aromatic carbocycles. The van der Waals surface area contributed by atoms with Gasteiger partial charge in [0.2, 0.25) is 0 Å². The molecule has 1 amide bonds. The molecule has 0 bridgehead atoms. The largest absolute Gasteiger partial charge is 0.364 e. The first-order valence-electron chi connectivity index (χ1n) is 7.01. The summed E-state index contributed by atoms with van der Waals surface area (Å²) in [5, 5.41) is 5.41. The molecule has 3 rings (SSSR count). The van der Waals surface area contributed by atoms with Gasteiger partial charge in [0.1, 0.15) is 5.69 Å². The second-order valence-electron chi connectivity index (χ2n) is 5.42. The summed E-state index contributed by atoms with van der Waals surface area (Å²) < 4.78 is 1.82. The van der Waals surface area contributed by atoms with Gasteiger partial charge in [0, 0.05) is 11.9 Å². The van der Waals surface area contributed by atoms with Gasteiger partial charge in [0.25, 0.3) is 5.91 Å². The van der Waals surface area contributed by atoms with E-state index in [2.05, 4.69) is 5.10 Å². The van der Waals surface area contributed by atoms with Crippen LogP contribution < -0.4 is 5.73 Å². The molecular weight excluding hydrogens is 238 g/mol. The molecule has 1 aliphatic carbocycles. The Morgan fingerprint density at radius 1 is 1.26 bits per heavy atom. The molecule has 4 nitrogen and oxygen atoms in total. The molecule has 0 aliphatic heterocycles. The van der Waals surface area contributed by atoms with Gasteiger partial charge in [-0.25, -0.2) is 0 Å². The lowest BCUT2D eigenvalue weighted by atomic mass is 9.89. The third-order valence-electron chi connectivity index (χ3n) is 4.04. The average Bonchev–Trinajstić information content (AvgIpc) is 2.77. The zero-order valence-electron chi connectivity index (χ0n) is 11.0. The molecule has 2 N–H and O–H groups in total. The first kappa shape index (κ1) is 12.2. The molecule has 1 heterocycles. The fraction of sp³-hybridized carbons (Fsp3) is 0.467. The predicted molar refractivity (Wildman–Crippen MR) is 74.8 cm³/mol. The fourth-order valence-corrected chi connectivity index (χ4v) is 3.09. The molecule has 19 heavy (non-hydrogen) atoms. The third kappa shape index (κ3) is 2.35. The van der Waals surface area contributed by atoms with E-state index in [1.54, 1.807) is 0 Å². The van der Waals surface area contributed by atoms with Gasteiger partial charge in [-0.05, 0) is 24.8 Å². The van der Waals surface area contributed by atoms with Crippen LogP contribution in [0, 0.1) is 5.92 Å². The summed E-state index contributed by atoms with van der Waals surface area (Å²) in [5.41, 5.74) is 6.94. The first-order valence-corrected chi connectivity index (χ1v) is 7.01. The first-order chi connectivity index (χ1) is 9.25. The summed E-state index contributed by atoms with van der Waals surface area (Å²) in [6.45, 7) is 0.812. The molecule has 0 saturated heterocycles. The average molecular weight is 257 g/mol. The van der Waals surface area contributed by atoms with Crippen LogP contribution in [0.5, 0.6) is 0 Å². The Morgan fingerprint density at radius 3 is 2.74 bits per heavy atom. The number of aromatic nitrogens is 2. The Bertz CT molecular complexity index is 596. The van der Waals surface area contributed by atoms with Crippen molar-refractivity contribution in [2.45, 2.75) is 38.6 Å². The summed E-state index contributed by atoms with van der Waals surface area (Å²) in [7, 11) is 0. The van der Waals surface area contributed by atoms with Crippen molar-refractivity contribution in [1.82, 2.24) is 9.78 Å². The van der Waals surface area contributed by atoms with E-state index in [-0.39, 0.29) is 5.91 Å². The Balaban J connectivity index is 1.97. The van der Waals surface area contributed by atoms with Gasteiger partial charge in [0.15, 0.2) is 0 Å². The van der Waals surface area contributed by atoms with E-state index in [0.29, 0.717) is 11.6 Å². The number of primary amides is 1. The highest BCUT2D eigenvalue weighted by molar-refractivity contribution is 6.04. The number of benzene rings is 1. The van der Waals surface area contributed by atoms with E-state index in [9.17, 15) is 4.79 Å². The summed E-state index contributed by atoms with van der Waals surface area (Å²) >= 11 is 0. The zero-order valence-corrected chi connectivity index (χ0v) is 11.0. The number of amides is 1. The number of nitrogens with two attached hydrogens (primary N) is 1. The van der Waals surface area contributed by atoms with Crippen molar-refractivity contribution in [3.8, 4) is 0 Å². The van der Waals surface area contributed by atoms with Gasteiger partial charge in [-0.15, -0.1) is 0 Å². The summed E-state index contributed by atoms with van der Waals surface area (Å²) in [6.07, 6.45) is 6.37.